The third-order valence-corrected chi connectivity index (χ3v) is 5.44. The lowest BCUT2D eigenvalue weighted by atomic mass is 10.2. The van der Waals surface area contributed by atoms with Crippen LogP contribution in [0.25, 0.3) is 22.0 Å². The molecule has 7 nitrogen and oxygen atoms in total. The molecule has 0 fully saturated rings. The van der Waals surface area contributed by atoms with Gasteiger partial charge < -0.3 is 19.4 Å². The number of hydrogen-bond donors (Lipinski definition) is 1. The molecule has 1 amide bonds. The quantitative estimate of drug-likeness (QED) is 0.528. The molecule has 0 aliphatic carbocycles. The second-order valence-electron chi connectivity index (χ2n) is 6.74. The van der Waals surface area contributed by atoms with E-state index in [0.29, 0.717) is 30.4 Å². The maximum Gasteiger partial charge on any atom is 0.244 e. The number of nitrogens with one attached hydrogen (secondary N) is 1. The predicted molar refractivity (Wildman–Crippen MR) is 115 cm³/mol. The molecule has 0 unspecified atom stereocenters. The summed E-state index contributed by atoms with van der Waals surface area (Å²) in [5, 5.41) is 5.71. The lowest BCUT2D eigenvalue weighted by molar-refractivity contribution is -0.116. The zero-order valence-electron chi connectivity index (χ0n) is 15.9. The van der Waals surface area contributed by atoms with Crippen molar-refractivity contribution in [1.82, 2.24) is 14.5 Å². The molecule has 0 radical (unpaired) electrons. The fourth-order valence-electron chi connectivity index (χ4n) is 3.18. The zero-order valence-corrected chi connectivity index (χ0v) is 16.8. The van der Waals surface area contributed by atoms with Gasteiger partial charge in [0.05, 0.1) is 12.0 Å². The number of benzene rings is 2. The lowest BCUT2D eigenvalue weighted by Gasteiger charge is -2.19. The van der Waals surface area contributed by atoms with E-state index in [2.05, 4.69) is 15.3 Å². The van der Waals surface area contributed by atoms with E-state index in [4.69, 9.17) is 9.47 Å². The Labute approximate surface area is 176 Å². The van der Waals surface area contributed by atoms with Gasteiger partial charge in [0.15, 0.2) is 11.5 Å². The Morgan fingerprint density at radius 1 is 1.07 bits per heavy atom. The third kappa shape index (κ3) is 3.90. The summed E-state index contributed by atoms with van der Waals surface area (Å²) < 4.78 is 12.8. The number of imidazole rings is 1. The fraction of sp³-hybridized carbons (Fsp3) is 0.136. The van der Waals surface area contributed by atoms with Gasteiger partial charge in [0.2, 0.25) is 5.91 Å². The first-order valence-corrected chi connectivity index (χ1v) is 10.4. The van der Waals surface area contributed by atoms with E-state index in [1.54, 1.807) is 29.1 Å². The van der Waals surface area contributed by atoms with Crippen molar-refractivity contribution in [3.8, 4) is 33.5 Å². The minimum atomic E-state index is -0.153. The zero-order chi connectivity index (χ0) is 20.3. The molecule has 4 aromatic rings. The van der Waals surface area contributed by atoms with Crippen molar-refractivity contribution >= 4 is 22.9 Å². The summed E-state index contributed by atoms with van der Waals surface area (Å²) in [6.45, 7) is 1.19. The molecule has 0 saturated carbocycles. The second-order valence-corrected chi connectivity index (χ2v) is 7.60. The number of amides is 1. The average Bonchev–Trinajstić information content (AvgIpc) is 3.44. The molecule has 5 rings (SSSR count). The molecule has 2 aromatic heterocycles. The molecule has 30 heavy (non-hydrogen) atoms. The average molecular weight is 418 g/mol. The van der Waals surface area contributed by atoms with E-state index in [1.807, 2.05) is 41.9 Å². The maximum atomic E-state index is 12.4. The first-order valence-electron chi connectivity index (χ1n) is 9.47. The number of ether oxygens (including phenoxy) is 2. The van der Waals surface area contributed by atoms with Gasteiger partial charge in [0.1, 0.15) is 30.5 Å². The van der Waals surface area contributed by atoms with Crippen LogP contribution in [0.15, 0.2) is 66.4 Å². The fourth-order valence-corrected chi connectivity index (χ4v) is 3.97. The minimum absolute atomic E-state index is 0.151. The van der Waals surface area contributed by atoms with Crippen LogP contribution in [0.1, 0.15) is 0 Å². The number of carbonyl (C=O) groups is 1. The minimum Gasteiger partial charge on any atom is -0.486 e. The van der Waals surface area contributed by atoms with Crippen molar-refractivity contribution < 1.29 is 14.3 Å². The predicted octanol–water partition coefficient (Wildman–Crippen LogP) is 4.08. The molecular weight excluding hydrogens is 400 g/mol. The van der Waals surface area contributed by atoms with E-state index in [9.17, 15) is 4.79 Å². The topological polar surface area (TPSA) is 78.3 Å². The highest BCUT2D eigenvalue weighted by Crippen LogP contribution is 2.32. The Balaban J connectivity index is 1.25. The first-order chi connectivity index (χ1) is 14.7. The summed E-state index contributed by atoms with van der Waals surface area (Å²) >= 11 is 1.53. The molecule has 3 heterocycles. The molecular formula is C22H18N4O3S. The highest BCUT2D eigenvalue weighted by molar-refractivity contribution is 7.13. The number of aromatic nitrogens is 3. The van der Waals surface area contributed by atoms with Gasteiger partial charge in [-0.2, -0.15) is 0 Å². The van der Waals surface area contributed by atoms with E-state index in [0.717, 1.165) is 22.0 Å². The Kier molecular flexibility index (Phi) is 4.90. The highest BCUT2D eigenvalue weighted by Gasteiger charge is 2.14. The van der Waals surface area contributed by atoms with Crippen LogP contribution in [-0.4, -0.2) is 33.7 Å². The van der Waals surface area contributed by atoms with Crippen LogP contribution in [-0.2, 0) is 11.3 Å². The largest absolute Gasteiger partial charge is 0.486 e. The summed E-state index contributed by atoms with van der Waals surface area (Å²) in [7, 11) is 0. The number of nitrogens with zero attached hydrogens (tertiary/aromatic N) is 3. The van der Waals surface area contributed by atoms with Crippen molar-refractivity contribution in [1.29, 1.82) is 0 Å². The molecule has 150 valence electrons. The van der Waals surface area contributed by atoms with Gasteiger partial charge in [-0.25, -0.2) is 9.97 Å². The highest BCUT2D eigenvalue weighted by atomic mass is 32.1. The van der Waals surface area contributed by atoms with Gasteiger partial charge in [-0.3, -0.25) is 4.79 Å². The smallest absolute Gasteiger partial charge is 0.244 e. The normalized spacial score (nSPS) is 12.5. The summed E-state index contributed by atoms with van der Waals surface area (Å²) in [6, 6.07) is 15.4. The number of anilines is 1. The standard InChI is InChI=1S/C22H18N4O3S/c27-21(24-16-6-7-19-20(10-16)29-9-8-28-19)12-26-11-17(23-14-26)22-25-18(13-30-22)15-4-2-1-3-5-15/h1-7,10-11,13-14H,8-9,12H2,(H,24,27). The molecule has 2 aromatic carbocycles. The van der Waals surface area contributed by atoms with Crippen molar-refractivity contribution in [2.45, 2.75) is 6.54 Å². The van der Waals surface area contributed by atoms with Crippen LogP contribution >= 0.6 is 11.3 Å². The number of fused-ring (bicyclic) bond motifs is 1. The van der Waals surface area contributed by atoms with E-state index >= 15 is 0 Å². The van der Waals surface area contributed by atoms with Gasteiger partial charge in [0, 0.05) is 28.9 Å². The third-order valence-electron chi connectivity index (χ3n) is 4.58. The van der Waals surface area contributed by atoms with Crippen LogP contribution in [0, 0.1) is 0 Å². The molecule has 1 N–H and O–H groups in total. The van der Waals surface area contributed by atoms with Crippen LogP contribution in [0.3, 0.4) is 0 Å². The van der Waals surface area contributed by atoms with Crippen LogP contribution < -0.4 is 14.8 Å². The molecule has 8 heteroatoms. The molecule has 1 aliphatic rings. The van der Waals surface area contributed by atoms with Gasteiger partial charge in [0.25, 0.3) is 0 Å². The van der Waals surface area contributed by atoms with Crippen LogP contribution in [0.5, 0.6) is 11.5 Å². The Morgan fingerprint density at radius 2 is 1.90 bits per heavy atom. The molecule has 0 bridgehead atoms. The summed E-state index contributed by atoms with van der Waals surface area (Å²) in [4.78, 5) is 21.5. The van der Waals surface area contributed by atoms with Crippen molar-refractivity contribution in [2.24, 2.45) is 0 Å². The number of carbonyl (C=O) groups excluding carboxylic acids is 1. The van der Waals surface area contributed by atoms with Gasteiger partial charge in [-0.1, -0.05) is 30.3 Å². The van der Waals surface area contributed by atoms with Crippen molar-refractivity contribution in [3.05, 3.63) is 66.4 Å². The molecule has 0 saturated heterocycles. The summed E-state index contributed by atoms with van der Waals surface area (Å²) in [5.41, 5.74) is 3.39. The van der Waals surface area contributed by atoms with Crippen LogP contribution in [0.4, 0.5) is 5.69 Å². The molecule has 0 atom stereocenters. The van der Waals surface area contributed by atoms with Crippen LogP contribution in [0.2, 0.25) is 0 Å². The molecule has 0 spiro atoms. The van der Waals surface area contributed by atoms with E-state index < -0.39 is 0 Å². The Bertz CT molecular complexity index is 1190. The maximum absolute atomic E-state index is 12.4. The monoisotopic (exact) mass is 418 g/mol. The summed E-state index contributed by atoms with van der Waals surface area (Å²) in [5.74, 6) is 1.18. The molecule has 1 aliphatic heterocycles. The van der Waals surface area contributed by atoms with Gasteiger partial charge in [-0.15, -0.1) is 11.3 Å². The Morgan fingerprint density at radius 3 is 2.77 bits per heavy atom. The van der Waals surface area contributed by atoms with E-state index in [-0.39, 0.29) is 12.5 Å². The lowest BCUT2D eigenvalue weighted by Crippen LogP contribution is -2.19. The first kappa shape index (κ1) is 18.4. The second kappa shape index (κ2) is 8.00. The summed E-state index contributed by atoms with van der Waals surface area (Å²) in [6.07, 6.45) is 3.47. The number of thiazole rings is 1. The Hall–Kier alpha value is -3.65. The van der Waals surface area contributed by atoms with Crippen molar-refractivity contribution in [2.75, 3.05) is 18.5 Å². The van der Waals surface area contributed by atoms with Gasteiger partial charge >= 0.3 is 0 Å². The number of hydrogen-bond acceptors (Lipinski definition) is 6. The van der Waals surface area contributed by atoms with E-state index in [1.165, 1.54) is 11.3 Å². The SMILES string of the molecule is O=C(Cn1cnc(-c2nc(-c3ccccc3)cs2)c1)Nc1ccc2c(c1)OCCO2. The van der Waals surface area contributed by atoms with Crippen molar-refractivity contribution in [3.63, 3.8) is 0 Å². The number of rotatable bonds is 5. The van der Waals surface area contributed by atoms with Gasteiger partial charge in [-0.05, 0) is 12.1 Å².